The molecule has 218 valence electrons. The van der Waals surface area contributed by atoms with E-state index in [1.165, 1.54) is 29.2 Å². The van der Waals surface area contributed by atoms with Gasteiger partial charge in [-0.3, -0.25) is 14.4 Å². The number of nitrogens with zero attached hydrogens (tertiary/aromatic N) is 1. The summed E-state index contributed by atoms with van der Waals surface area (Å²) in [5.41, 5.74) is 7.44. The number of nitrogens with two attached hydrogens (primary N) is 1. The zero-order valence-corrected chi connectivity index (χ0v) is 23.9. The first-order valence-corrected chi connectivity index (χ1v) is 14.3. The number of aliphatic carboxylic acids is 1. The van der Waals surface area contributed by atoms with Gasteiger partial charge in [0.05, 0.1) is 18.1 Å². The Kier molecular flexibility index (Phi) is 11.7. The molecule has 7 nitrogen and oxygen atoms in total. The van der Waals surface area contributed by atoms with E-state index in [4.69, 9.17) is 10.5 Å². The largest absolute Gasteiger partial charge is 0.490 e. The number of para-hydroxylation sites is 1. The minimum Gasteiger partial charge on any atom is -0.490 e. The summed E-state index contributed by atoms with van der Waals surface area (Å²) in [4.78, 5) is 40.0. The number of carboxylic acids is 1. The van der Waals surface area contributed by atoms with Crippen molar-refractivity contribution in [3.8, 4) is 5.75 Å². The molecule has 0 saturated heterocycles. The van der Waals surface area contributed by atoms with E-state index < -0.39 is 23.7 Å². The van der Waals surface area contributed by atoms with Gasteiger partial charge in [-0.05, 0) is 101 Å². The second kappa shape index (κ2) is 14.9. The van der Waals surface area contributed by atoms with Gasteiger partial charge in [-0.15, -0.1) is 0 Å². The molecule has 3 rings (SSSR count). The lowest BCUT2D eigenvalue weighted by Gasteiger charge is -2.29. The summed E-state index contributed by atoms with van der Waals surface area (Å²) in [7, 11) is 1.63. The third-order valence-electron chi connectivity index (χ3n) is 7.93. The van der Waals surface area contributed by atoms with Crippen molar-refractivity contribution in [1.29, 1.82) is 0 Å². The van der Waals surface area contributed by atoms with Crippen molar-refractivity contribution in [2.75, 3.05) is 13.6 Å². The Morgan fingerprint density at radius 3 is 2.38 bits per heavy atom. The van der Waals surface area contributed by atoms with Crippen molar-refractivity contribution in [2.45, 2.75) is 77.4 Å². The van der Waals surface area contributed by atoms with Crippen LogP contribution in [0.5, 0.6) is 5.75 Å². The van der Waals surface area contributed by atoms with Gasteiger partial charge in [-0.1, -0.05) is 30.3 Å². The number of Topliss-reactive ketones (excluding diaryl/α,β-unsaturated/α-hetero) is 1. The third kappa shape index (κ3) is 9.15. The summed E-state index contributed by atoms with van der Waals surface area (Å²) >= 11 is 0. The standard InChI is InChI=1S/C32H43FN2O5/c1-21(40-30-9-5-4-7-25(30)8-6-18-34)10-17-28(24-13-14-24)31(37)35(3)22(2)29(36)20-26(32(38)39)19-23-11-15-27(33)16-12-23/h4-5,7,9,11-12,15-16,21-22,24,26,28H,6,8,10,13-14,17-20,34H2,1-3H3,(H,38,39)/t21-,22-,26+,28+/m1/s1. The molecule has 0 radical (unpaired) electrons. The molecule has 1 aliphatic carbocycles. The van der Waals surface area contributed by atoms with Crippen LogP contribution >= 0.6 is 0 Å². The molecule has 8 heteroatoms. The second-order valence-electron chi connectivity index (χ2n) is 11.1. The van der Waals surface area contributed by atoms with Crippen LogP contribution in [0.1, 0.15) is 63.5 Å². The molecule has 2 aromatic carbocycles. The number of carboxylic acid groups (broad SMARTS) is 1. The van der Waals surface area contributed by atoms with Crippen LogP contribution in [0.15, 0.2) is 48.5 Å². The van der Waals surface area contributed by atoms with Crippen LogP contribution in [0.25, 0.3) is 0 Å². The number of carbonyl (C=O) groups excluding carboxylic acids is 2. The Balaban J connectivity index is 1.57. The quantitative estimate of drug-likeness (QED) is 0.284. The van der Waals surface area contributed by atoms with Gasteiger partial charge in [0.2, 0.25) is 5.91 Å². The van der Waals surface area contributed by atoms with Crippen LogP contribution in [0, 0.1) is 23.6 Å². The van der Waals surface area contributed by atoms with Crippen molar-refractivity contribution in [3.05, 3.63) is 65.5 Å². The van der Waals surface area contributed by atoms with Gasteiger partial charge in [0.15, 0.2) is 5.78 Å². The Hall–Kier alpha value is -3.26. The average Bonchev–Trinajstić information content (AvgIpc) is 3.77. The van der Waals surface area contributed by atoms with Gasteiger partial charge >= 0.3 is 5.97 Å². The molecule has 0 bridgehead atoms. The first-order valence-electron chi connectivity index (χ1n) is 14.3. The molecule has 0 heterocycles. The molecule has 1 amide bonds. The lowest BCUT2D eigenvalue weighted by molar-refractivity contribution is -0.145. The van der Waals surface area contributed by atoms with Crippen molar-refractivity contribution >= 4 is 17.7 Å². The van der Waals surface area contributed by atoms with E-state index in [-0.39, 0.29) is 36.6 Å². The van der Waals surface area contributed by atoms with E-state index in [2.05, 4.69) is 6.07 Å². The molecule has 3 N–H and O–H groups in total. The zero-order valence-electron chi connectivity index (χ0n) is 23.9. The fraction of sp³-hybridized carbons (Fsp3) is 0.531. The first-order chi connectivity index (χ1) is 19.1. The lowest BCUT2D eigenvalue weighted by atomic mass is 9.91. The number of amides is 1. The summed E-state index contributed by atoms with van der Waals surface area (Å²) in [5, 5.41) is 9.70. The van der Waals surface area contributed by atoms with Crippen molar-refractivity contribution in [2.24, 2.45) is 23.5 Å². The number of ether oxygens (including phenoxy) is 1. The van der Waals surface area contributed by atoms with Crippen molar-refractivity contribution < 1.29 is 28.6 Å². The van der Waals surface area contributed by atoms with Gasteiger partial charge in [0.25, 0.3) is 0 Å². The molecule has 40 heavy (non-hydrogen) atoms. The van der Waals surface area contributed by atoms with Gasteiger partial charge < -0.3 is 20.5 Å². The van der Waals surface area contributed by atoms with Crippen LogP contribution in [0.4, 0.5) is 4.39 Å². The van der Waals surface area contributed by atoms with Crippen LogP contribution in [-0.4, -0.2) is 53.4 Å². The highest BCUT2D eigenvalue weighted by Crippen LogP contribution is 2.40. The smallest absolute Gasteiger partial charge is 0.307 e. The molecule has 0 spiro atoms. The number of rotatable bonds is 17. The number of likely N-dealkylation sites (N-methyl/N-ethyl adjacent to an activating group) is 1. The average molecular weight is 555 g/mol. The number of hydrogen-bond donors (Lipinski definition) is 2. The van der Waals surface area contributed by atoms with E-state index in [1.807, 2.05) is 25.1 Å². The highest BCUT2D eigenvalue weighted by molar-refractivity contribution is 5.91. The van der Waals surface area contributed by atoms with E-state index in [0.29, 0.717) is 30.9 Å². The molecule has 2 aromatic rings. The number of hydrogen-bond acceptors (Lipinski definition) is 5. The Labute approximate surface area is 236 Å². The maximum Gasteiger partial charge on any atom is 0.307 e. The van der Waals surface area contributed by atoms with Crippen molar-refractivity contribution in [3.63, 3.8) is 0 Å². The highest BCUT2D eigenvalue weighted by Gasteiger charge is 2.39. The Morgan fingerprint density at radius 1 is 1.07 bits per heavy atom. The van der Waals surface area contributed by atoms with Gasteiger partial charge in [-0.2, -0.15) is 0 Å². The second-order valence-corrected chi connectivity index (χ2v) is 11.1. The minimum absolute atomic E-state index is 0.0793. The predicted octanol–water partition coefficient (Wildman–Crippen LogP) is 5.04. The van der Waals surface area contributed by atoms with Crippen LogP contribution in [-0.2, 0) is 27.2 Å². The molecule has 1 aliphatic rings. The molecule has 4 atom stereocenters. The van der Waals surface area contributed by atoms with Crippen molar-refractivity contribution in [1.82, 2.24) is 4.90 Å². The molecule has 0 aromatic heterocycles. The van der Waals surface area contributed by atoms with Gasteiger partial charge in [0.1, 0.15) is 11.6 Å². The van der Waals surface area contributed by atoms with E-state index in [0.717, 1.165) is 37.0 Å². The third-order valence-corrected chi connectivity index (χ3v) is 7.93. The molecule has 0 unspecified atom stereocenters. The topological polar surface area (TPSA) is 110 Å². The van der Waals surface area contributed by atoms with Crippen LogP contribution in [0.2, 0.25) is 0 Å². The summed E-state index contributed by atoms with van der Waals surface area (Å²) in [5.74, 6) is -1.88. The summed E-state index contributed by atoms with van der Waals surface area (Å²) < 4.78 is 19.5. The molecular formula is C32H43FN2O5. The van der Waals surface area contributed by atoms with Crippen LogP contribution < -0.4 is 10.5 Å². The Morgan fingerprint density at radius 2 is 1.75 bits per heavy atom. The number of carbonyl (C=O) groups is 3. The lowest BCUT2D eigenvalue weighted by Crippen LogP contribution is -2.45. The number of ketones is 1. The normalized spacial score (nSPS) is 16.0. The van der Waals surface area contributed by atoms with Gasteiger partial charge in [0, 0.05) is 19.4 Å². The maximum atomic E-state index is 13.5. The van der Waals surface area contributed by atoms with Crippen LogP contribution in [0.3, 0.4) is 0 Å². The Bertz CT molecular complexity index is 1130. The number of aryl methyl sites for hydroxylation is 1. The van der Waals surface area contributed by atoms with E-state index >= 15 is 0 Å². The minimum atomic E-state index is -1.09. The predicted molar refractivity (Wildman–Crippen MR) is 152 cm³/mol. The van der Waals surface area contributed by atoms with E-state index in [9.17, 15) is 23.9 Å². The summed E-state index contributed by atoms with van der Waals surface area (Å²) in [6, 6.07) is 12.8. The number of halogens is 1. The number of benzene rings is 2. The monoisotopic (exact) mass is 554 g/mol. The molecule has 0 aliphatic heterocycles. The fourth-order valence-corrected chi connectivity index (χ4v) is 5.10. The molecule has 1 fully saturated rings. The zero-order chi connectivity index (χ0) is 29.2. The first kappa shape index (κ1) is 31.3. The maximum absolute atomic E-state index is 13.5. The van der Waals surface area contributed by atoms with Gasteiger partial charge in [-0.25, -0.2) is 4.39 Å². The highest BCUT2D eigenvalue weighted by atomic mass is 19.1. The molecular weight excluding hydrogens is 511 g/mol. The summed E-state index contributed by atoms with van der Waals surface area (Å²) in [6.07, 6.45) is 4.90. The SMILES string of the molecule is C[C@H](CC[C@H](C(=O)N(C)[C@H](C)C(=O)C[C@H](Cc1ccc(F)cc1)C(=O)O)C1CC1)Oc1ccccc1CCCN. The summed E-state index contributed by atoms with van der Waals surface area (Å²) in [6.45, 7) is 4.29. The molecule has 1 saturated carbocycles. The fourth-order valence-electron chi connectivity index (χ4n) is 5.10. The van der Waals surface area contributed by atoms with E-state index in [1.54, 1.807) is 14.0 Å².